The third-order valence-electron chi connectivity index (χ3n) is 9.38. The molecule has 0 heterocycles. The number of carbonyl (C=O) groups excluding carboxylic acids is 1. The van der Waals surface area contributed by atoms with Crippen molar-refractivity contribution in [2.24, 2.45) is 28.6 Å². The van der Waals surface area contributed by atoms with Crippen LogP contribution in [0.2, 0.25) is 0 Å². The molecule has 0 radical (unpaired) electrons. The number of hydrogen-bond donors (Lipinski definition) is 1. The van der Waals surface area contributed by atoms with Gasteiger partial charge < -0.3 is 19.3 Å². The van der Waals surface area contributed by atoms with Crippen molar-refractivity contribution in [2.45, 2.75) is 70.5 Å². The molecule has 2 fully saturated rings. The summed E-state index contributed by atoms with van der Waals surface area (Å²) in [5.41, 5.74) is -1.40. The van der Waals surface area contributed by atoms with Gasteiger partial charge in [-0.3, -0.25) is 0 Å². The molecule has 0 aliphatic heterocycles. The number of methoxy groups -OCH3 is 2. The van der Waals surface area contributed by atoms with Crippen molar-refractivity contribution >= 4 is 6.16 Å². The summed E-state index contributed by atoms with van der Waals surface area (Å²) >= 11 is 0. The van der Waals surface area contributed by atoms with Crippen LogP contribution in [0.1, 0.15) is 59.3 Å². The molecule has 4 aliphatic carbocycles. The maximum absolute atomic E-state index is 12.5. The molecule has 1 N–H and O–H groups in total. The number of ether oxygens (including phenoxy) is 3. The molecule has 0 aromatic rings. The van der Waals surface area contributed by atoms with E-state index in [4.69, 9.17) is 20.6 Å². The highest BCUT2D eigenvalue weighted by molar-refractivity contribution is 5.61. The Morgan fingerprint density at radius 1 is 1.23 bits per heavy atom. The van der Waals surface area contributed by atoms with E-state index in [-0.39, 0.29) is 23.2 Å². The van der Waals surface area contributed by atoms with Gasteiger partial charge in [0, 0.05) is 23.2 Å². The fourth-order valence-electron chi connectivity index (χ4n) is 7.45. The van der Waals surface area contributed by atoms with Crippen LogP contribution in [0.25, 0.3) is 0 Å². The van der Waals surface area contributed by atoms with Crippen LogP contribution in [0.3, 0.4) is 0 Å². The highest BCUT2D eigenvalue weighted by atomic mass is 16.7. The number of hydrogen-bond acceptors (Lipinski definition) is 5. The first-order valence-corrected chi connectivity index (χ1v) is 11.0. The molecule has 0 amide bonds. The van der Waals surface area contributed by atoms with Gasteiger partial charge in [-0.25, -0.2) is 4.79 Å². The van der Waals surface area contributed by atoms with Gasteiger partial charge in [-0.05, 0) is 55.6 Å². The lowest BCUT2D eigenvalue weighted by Gasteiger charge is -2.63. The monoisotopic (exact) mass is 414 g/mol. The topological polar surface area (TPSA) is 65.0 Å². The molecule has 0 bridgehead atoms. The van der Waals surface area contributed by atoms with Crippen molar-refractivity contribution in [2.75, 3.05) is 14.2 Å². The zero-order valence-electron chi connectivity index (χ0n) is 18.8. The van der Waals surface area contributed by atoms with Crippen molar-refractivity contribution in [1.29, 1.82) is 0 Å². The van der Waals surface area contributed by atoms with E-state index >= 15 is 0 Å². The summed E-state index contributed by atoms with van der Waals surface area (Å²) in [5.74, 6) is 3.94. The molecule has 0 unspecified atom stereocenters. The Morgan fingerprint density at radius 3 is 2.60 bits per heavy atom. The molecule has 2 saturated carbocycles. The molecule has 0 aromatic carbocycles. The smallest absolute Gasteiger partial charge is 0.501 e. The van der Waals surface area contributed by atoms with Crippen molar-refractivity contribution in [3.8, 4) is 12.3 Å². The predicted molar refractivity (Wildman–Crippen MR) is 113 cm³/mol. The first-order chi connectivity index (χ1) is 14.1. The van der Waals surface area contributed by atoms with E-state index in [0.29, 0.717) is 12.8 Å². The SMILES string of the molecule is C#C[C@]1(O)[C@@H](C)C[C@H]2[C@@H]3CC=C4C=C(OC)CC[C@]4(C)[C@@]3(OC(=O)OC)CC[C@@]21C. The van der Waals surface area contributed by atoms with Crippen LogP contribution >= 0.6 is 0 Å². The largest absolute Gasteiger partial charge is 0.508 e. The maximum atomic E-state index is 12.5. The third-order valence-corrected chi connectivity index (χ3v) is 9.38. The first kappa shape index (κ1) is 21.3. The quantitative estimate of drug-likeness (QED) is 0.528. The van der Waals surface area contributed by atoms with Crippen molar-refractivity contribution in [3.63, 3.8) is 0 Å². The predicted octanol–water partition coefficient (Wildman–Crippen LogP) is 4.61. The van der Waals surface area contributed by atoms with E-state index in [0.717, 1.165) is 31.4 Å². The lowest BCUT2D eigenvalue weighted by molar-refractivity contribution is -0.202. The lowest BCUT2D eigenvalue weighted by Crippen LogP contribution is -2.65. The summed E-state index contributed by atoms with van der Waals surface area (Å²) in [7, 11) is 3.06. The Balaban J connectivity index is 1.85. The molecule has 4 rings (SSSR count). The fraction of sp³-hybridized carbons (Fsp3) is 0.720. The van der Waals surface area contributed by atoms with Gasteiger partial charge in [0.15, 0.2) is 0 Å². The molecule has 5 heteroatoms. The molecular weight excluding hydrogens is 380 g/mol. The minimum atomic E-state index is -1.14. The van der Waals surface area contributed by atoms with Crippen LogP contribution in [0.15, 0.2) is 23.5 Å². The van der Waals surface area contributed by atoms with Crippen molar-refractivity contribution < 1.29 is 24.1 Å². The molecular formula is C25H34O5. The highest BCUT2D eigenvalue weighted by Gasteiger charge is 2.71. The summed E-state index contributed by atoms with van der Waals surface area (Å²) in [5, 5.41) is 11.5. The molecule has 7 atom stereocenters. The van der Waals surface area contributed by atoms with Crippen LogP contribution < -0.4 is 0 Å². The number of aliphatic hydroxyl groups is 1. The summed E-state index contributed by atoms with van der Waals surface area (Å²) in [4.78, 5) is 12.5. The van der Waals surface area contributed by atoms with Gasteiger partial charge in [-0.1, -0.05) is 32.8 Å². The Bertz CT molecular complexity index is 852. The van der Waals surface area contributed by atoms with E-state index in [1.54, 1.807) is 7.11 Å². The Morgan fingerprint density at radius 2 is 1.97 bits per heavy atom. The van der Waals surface area contributed by atoms with E-state index in [1.807, 2.05) is 6.92 Å². The molecule has 0 saturated heterocycles. The zero-order valence-corrected chi connectivity index (χ0v) is 18.8. The zero-order chi connectivity index (χ0) is 21.9. The summed E-state index contributed by atoms with van der Waals surface area (Å²) in [6, 6.07) is 0. The molecule has 0 aromatic heterocycles. The first-order valence-electron chi connectivity index (χ1n) is 11.0. The average Bonchev–Trinajstić information content (AvgIpc) is 2.94. The number of carbonyl (C=O) groups is 1. The molecule has 5 nitrogen and oxygen atoms in total. The molecule has 0 spiro atoms. The van der Waals surface area contributed by atoms with Crippen LogP contribution in [-0.4, -0.2) is 36.7 Å². The van der Waals surface area contributed by atoms with Crippen LogP contribution in [0.5, 0.6) is 0 Å². The van der Waals surface area contributed by atoms with Gasteiger partial charge in [0.1, 0.15) is 11.2 Å². The Kier molecular flexibility index (Phi) is 4.82. The summed E-state index contributed by atoms with van der Waals surface area (Å²) < 4.78 is 16.8. The second-order valence-corrected chi connectivity index (χ2v) is 10.2. The number of rotatable bonds is 2. The van der Waals surface area contributed by atoms with Gasteiger partial charge >= 0.3 is 6.16 Å². The van der Waals surface area contributed by atoms with Crippen LogP contribution in [-0.2, 0) is 14.2 Å². The summed E-state index contributed by atoms with van der Waals surface area (Å²) in [6.45, 7) is 6.39. The van der Waals surface area contributed by atoms with Crippen molar-refractivity contribution in [3.05, 3.63) is 23.5 Å². The highest BCUT2D eigenvalue weighted by Crippen LogP contribution is 2.70. The average molecular weight is 415 g/mol. The van der Waals surface area contributed by atoms with E-state index in [2.05, 4.69) is 31.9 Å². The fourth-order valence-corrected chi connectivity index (χ4v) is 7.45. The number of fused-ring (bicyclic) bond motifs is 5. The van der Waals surface area contributed by atoms with Gasteiger partial charge in [-0.15, -0.1) is 6.42 Å². The normalized spacial score (nSPS) is 46.9. The Hall–Kier alpha value is -1.93. The van der Waals surface area contributed by atoms with Crippen LogP contribution in [0.4, 0.5) is 4.79 Å². The Labute approximate surface area is 179 Å². The maximum Gasteiger partial charge on any atom is 0.508 e. The van der Waals surface area contributed by atoms with Gasteiger partial charge in [-0.2, -0.15) is 0 Å². The second-order valence-electron chi connectivity index (χ2n) is 10.2. The van der Waals surface area contributed by atoms with Crippen molar-refractivity contribution in [1.82, 2.24) is 0 Å². The van der Waals surface area contributed by atoms with E-state index in [1.165, 1.54) is 12.7 Å². The number of allylic oxidation sites excluding steroid dienone is 3. The number of terminal acetylenes is 1. The minimum absolute atomic E-state index is 0.00375. The van der Waals surface area contributed by atoms with Gasteiger partial charge in [0.2, 0.25) is 0 Å². The van der Waals surface area contributed by atoms with E-state index < -0.39 is 22.8 Å². The third kappa shape index (κ3) is 2.43. The lowest BCUT2D eigenvalue weighted by atomic mass is 9.45. The summed E-state index contributed by atoms with van der Waals surface area (Å²) in [6.07, 6.45) is 14.3. The van der Waals surface area contributed by atoms with Gasteiger partial charge in [0.05, 0.1) is 20.0 Å². The minimum Gasteiger partial charge on any atom is -0.501 e. The van der Waals surface area contributed by atoms with E-state index in [9.17, 15) is 9.90 Å². The van der Waals surface area contributed by atoms with Gasteiger partial charge in [0.25, 0.3) is 0 Å². The molecule has 30 heavy (non-hydrogen) atoms. The van der Waals surface area contributed by atoms with Crippen LogP contribution in [0, 0.1) is 40.9 Å². The standard InChI is InChI=1S/C25H34O5/c1-7-24(27)16(2)14-20-19-9-8-17-15-18(28-5)10-11-22(17,3)25(19,30-21(26)29-6)13-12-23(20,24)4/h1,8,15-16,19-20,27H,9-14H2,2-6H3/t16-,19-,20-,22-,23-,24-,25+/m0/s1. The molecule has 4 aliphatic rings. The second kappa shape index (κ2) is 6.79. The molecule has 164 valence electrons.